The third-order valence-electron chi connectivity index (χ3n) is 4.91. The fourth-order valence-electron chi connectivity index (χ4n) is 3.33. The van der Waals surface area contributed by atoms with Gasteiger partial charge in [0.15, 0.2) is 6.33 Å². The molecule has 2 aromatic carbocycles. The summed E-state index contributed by atoms with van der Waals surface area (Å²) in [4.78, 5) is 16.6. The van der Waals surface area contributed by atoms with E-state index in [0.717, 1.165) is 5.56 Å². The van der Waals surface area contributed by atoms with Gasteiger partial charge in [-0.2, -0.15) is 10.2 Å². The average molecular weight is 405 g/mol. The molecule has 1 aliphatic rings. The van der Waals surface area contributed by atoms with E-state index in [9.17, 15) is 15.2 Å². The highest BCUT2D eigenvalue weighted by molar-refractivity contribution is 5.90. The van der Waals surface area contributed by atoms with E-state index in [1.165, 1.54) is 6.33 Å². The molecule has 9 heteroatoms. The number of ether oxygens (including phenoxy) is 1. The van der Waals surface area contributed by atoms with Gasteiger partial charge in [-0.25, -0.2) is 4.79 Å². The van der Waals surface area contributed by atoms with Gasteiger partial charge in [0.25, 0.3) is 5.89 Å². The predicted molar refractivity (Wildman–Crippen MR) is 107 cm³/mol. The van der Waals surface area contributed by atoms with Crippen LogP contribution in [0.2, 0.25) is 0 Å². The van der Waals surface area contributed by atoms with Gasteiger partial charge >= 0.3 is 6.03 Å². The second kappa shape index (κ2) is 7.50. The van der Waals surface area contributed by atoms with Crippen molar-refractivity contribution in [2.24, 2.45) is 0 Å². The van der Waals surface area contributed by atoms with E-state index in [2.05, 4.69) is 26.8 Å². The second-order valence-corrected chi connectivity index (χ2v) is 7.41. The maximum atomic E-state index is 12.6. The Morgan fingerprint density at radius 3 is 2.67 bits per heavy atom. The average Bonchev–Trinajstić information content (AvgIpc) is 3.26. The first-order valence-electron chi connectivity index (χ1n) is 9.23. The Bertz CT molecular complexity index is 1100. The molecule has 30 heavy (non-hydrogen) atoms. The summed E-state index contributed by atoms with van der Waals surface area (Å²) in [5.41, 5.74) is 1.29. The zero-order valence-electron chi connectivity index (χ0n) is 16.3. The predicted octanol–water partition coefficient (Wildman–Crippen LogP) is 3.00. The van der Waals surface area contributed by atoms with Crippen LogP contribution in [0.5, 0.6) is 5.75 Å². The van der Waals surface area contributed by atoms with Crippen LogP contribution in [-0.4, -0.2) is 33.0 Å². The van der Waals surface area contributed by atoms with Gasteiger partial charge in [-0.3, -0.25) is 0 Å². The van der Waals surface area contributed by atoms with Crippen LogP contribution in [0, 0.1) is 11.3 Å². The van der Waals surface area contributed by atoms with E-state index in [4.69, 9.17) is 9.26 Å². The van der Waals surface area contributed by atoms with Gasteiger partial charge in [0.05, 0.1) is 17.7 Å². The minimum Gasteiger partial charge on any atom is -0.485 e. The molecule has 0 saturated carbocycles. The monoisotopic (exact) mass is 405 g/mol. The molecule has 1 aromatic heterocycles. The van der Waals surface area contributed by atoms with Gasteiger partial charge in [-0.05, 0) is 56.3 Å². The number of amides is 2. The van der Waals surface area contributed by atoms with Crippen molar-refractivity contribution in [3.05, 3.63) is 59.9 Å². The standard InChI is InChI=1S/C21H19N5O4/c1-21(2)18(27)17(15-9-12(10-22)3-8-16(15)29-21)26-20(28)25-14-6-4-13(5-7-14)19-23-11-24-30-19/h3-9,11,17-18,27H,1-2H3,(H2,25,26,28)/t17-,18+/m1/s1. The first kappa shape index (κ1) is 19.4. The molecule has 1 aliphatic heterocycles. The fourth-order valence-corrected chi connectivity index (χ4v) is 3.33. The highest BCUT2D eigenvalue weighted by Crippen LogP contribution is 2.40. The summed E-state index contributed by atoms with van der Waals surface area (Å²) >= 11 is 0. The van der Waals surface area contributed by atoms with Crippen molar-refractivity contribution in [3.8, 4) is 23.3 Å². The Hall–Kier alpha value is -3.90. The summed E-state index contributed by atoms with van der Waals surface area (Å²) in [5.74, 6) is 0.891. The van der Waals surface area contributed by atoms with Gasteiger partial charge in [0.2, 0.25) is 0 Å². The molecule has 2 atom stereocenters. The van der Waals surface area contributed by atoms with Crippen LogP contribution in [0.3, 0.4) is 0 Å². The lowest BCUT2D eigenvalue weighted by Gasteiger charge is -2.42. The number of nitriles is 1. The number of carbonyl (C=O) groups is 1. The number of anilines is 1. The van der Waals surface area contributed by atoms with Crippen LogP contribution in [0.1, 0.15) is 31.0 Å². The topological polar surface area (TPSA) is 133 Å². The van der Waals surface area contributed by atoms with E-state index < -0.39 is 23.8 Å². The van der Waals surface area contributed by atoms with Crippen molar-refractivity contribution < 1.29 is 19.2 Å². The van der Waals surface area contributed by atoms with E-state index in [0.29, 0.717) is 28.5 Å². The summed E-state index contributed by atoms with van der Waals surface area (Å²) < 4.78 is 10.9. The Morgan fingerprint density at radius 1 is 1.23 bits per heavy atom. The SMILES string of the molecule is CC1(C)Oc2ccc(C#N)cc2[C@@H](NC(=O)Nc2ccc(-c3ncno3)cc2)[C@@H]1O. The minimum absolute atomic E-state index is 0.378. The minimum atomic E-state index is -1.02. The summed E-state index contributed by atoms with van der Waals surface area (Å²) in [7, 11) is 0. The first-order valence-corrected chi connectivity index (χ1v) is 9.23. The van der Waals surface area contributed by atoms with Crippen molar-refractivity contribution in [3.63, 3.8) is 0 Å². The second-order valence-electron chi connectivity index (χ2n) is 7.41. The number of nitrogens with one attached hydrogen (secondary N) is 2. The summed E-state index contributed by atoms with van der Waals surface area (Å²) in [5, 5.41) is 29.1. The molecule has 0 unspecified atom stereocenters. The van der Waals surface area contributed by atoms with Gasteiger partial charge in [-0.15, -0.1) is 0 Å². The van der Waals surface area contributed by atoms with Crippen LogP contribution < -0.4 is 15.4 Å². The molecule has 0 bridgehead atoms. The molecule has 9 nitrogen and oxygen atoms in total. The maximum absolute atomic E-state index is 12.6. The first-order chi connectivity index (χ1) is 14.4. The molecule has 3 N–H and O–H groups in total. The molecule has 3 aromatic rings. The van der Waals surface area contributed by atoms with Gasteiger partial charge in [0, 0.05) is 16.8 Å². The molecule has 0 fully saturated rings. The Morgan fingerprint density at radius 2 is 2.00 bits per heavy atom. The molecule has 4 rings (SSSR count). The molecule has 0 saturated heterocycles. The van der Waals surface area contributed by atoms with Crippen molar-refractivity contribution in [2.75, 3.05) is 5.32 Å². The lowest BCUT2D eigenvalue weighted by Crippen LogP contribution is -2.54. The lowest BCUT2D eigenvalue weighted by atomic mass is 9.86. The van der Waals surface area contributed by atoms with Crippen molar-refractivity contribution in [2.45, 2.75) is 31.6 Å². The number of fused-ring (bicyclic) bond motifs is 1. The molecule has 0 aliphatic carbocycles. The van der Waals surface area contributed by atoms with Crippen molar-refractivity contribution in [1.82, 2.24) is 15.5 Å². The number of aliphatic hydroxyl groups excluding tert-OH is 1. The van der Waals surface area contributed by atoms with Crippen LogP contribution in [0.15, 0.2) is 53.3 Å². The number of benzene rings is 2. The number of aromatic nitrogens is 2. The number of aliphatic hydroxyl groups is 1. The molecular formula is C21H19N5O4. The van der Waals surface area contributed by atoms with E-state index >= 15 is 0 Å². The van der Waals surface area contributed by atoms with Crippen molar-refractivity contribution >= 4 is 11.7 Å². The number of hydrogen-bond acceptors (Lipinski definition) is 7. The Kier molecular flexibility index (Phi) is 4.85. The molecule has 152 valence electrons. The highest BCUT2D eigenvalue weighted by atomic mass is 16.5. The number of urea groups is 1. The zero-order valence-corrected chi connectivity index (χ0v) is 16.3. The van der Waals surface area contributed by atoms with Gasteiger partial charge < -0.3 is 25.0 Å². The molecule has 0 radical (unpaired) electrons. The number of nitrogens with zero attached hydrogens (tertiary/aromatic N) is 3. The Balaban J connectivity index is 1.53. The van der Waals surface area contributed by atoms with Crippen LogP contribution >= 0.6 is 0 Å². The van der Waals surface area contributed by atoms with Crippen LogP contribution in [-0.2, 0) is 0 Å². The normalized spacial score (nSPS) is 19.1. The maximum Gasteiger partial charge on any atom is 0.319 e. The van der Waals surface area contributed by atoms with Gasteiger partial charge in [0.1, 0.15) is 17.5 Å². The third kappa shape index (κ3) is 3.68. The third-order valence-corrected chi connectivity index (χ3v) is 4.91. The largest absolute Gasteiger partial charge is 0.485 e. The fraction of sp³-hybridized carbons (Fsp3) is 0.238. The van der Waals surface area contributed by atoms with Crippen LogP contribution in [0.25, 0.3) is 11.5 Å². The van der Waals surface area contributed by atoms with E-state index in [1.54, 1.807) is 56.3 Å². The summed E-state index contributed by atoms with van der Waals surface area (Å²) in [6.45, 7) is 3.48. The summed E-state index contributed by atoms with van der Waals surface area (Å²) in [6, 6.07) is 12.6. The lowest BCUT2D eigenvalue weighted by molar-refractivity contribution is -0.0618. The molecule has 2 amide bonds. The highest BCUT2D eigenvalue weighted by Gasteiger charge is 2.43. The van der Waals surface area contributed by atoms with E-state index in [1.807, 2.05) is 0 Å². The Labute approximate surface area is 172 Å². The van der Waals surface area contributed by atoms with Gasteiger partial charge in [-0.1, -0.05) is 5.16 Å². The van der Waals surface area contributed by atoms with E-state index in [-0.39, 0.29) is 0 Å². The smallest absolute Gasteiger partial charge is 0.319 e. The number of rotatable bonds is 3. The van der Waals surface area contributed by atoms with Crippen LogP contribution in [0.4, 0.5) is 10.5 Å². The quantitative estimate of drug-likeness (QED) is 0.610. The number of carbonyl (C=O) groups excluding carboxylic acids is 1. The number of hydrogen-bond donors (Lipinski definition) is 3. The summed E-state index contributed by atoms with van der Waals surface area (Å²) in [6.07, 6.45) is 0.287. The zero-order chi connectivity index (χ0) is 21.3. The molecule has 0 spiro atoms. The molecule has 2 heterocycles. The molecular weight excluding hydrogens is 386 g/mol. The van der Waals surface area contributed by atoms with Crippen molar-refractivity contribution in [1.29, 1.82) is 5.26 Å².